The minimum Gasteiger partial charge on any atom is -0.484 e. The zero-order valence-corrected chi connectivity index (χ0v) is 18.3. The number of hydrogen-bond acceptors (Lipinski definition) is 4. The lowest BCUT2D eigenvalue weighted by Crippen LogP contribution is -2.31. The van der Waals surface area contributed by atoms with Gasteiger partial charge in [-0.25, -0.2) is 13.1 Å². The highest BCUT2D eigenvalue weighted by molar-refractivity contribution is 7.89. The van der Waals surface area contributed by atoms with Crippen LogP contribution in [-0.4, -0.2) is 20.9 Å². The predicted molar refractivity (Wildman–Crippen MR) is 120 cm³/mol. The number of nitrogens with one attached hydrogen (secondary N) is 2. The van der Waals surface area contributed by atoms with Crippen molar-refractivity contribution < 1.29 is 17.9 Å². The molecule has 6 nitrogen and oxygen atoms in total. The summed E-state index contributed by atoms with van der Waals surface area (Å²) in [5.41, 5.74) is 1.88. The number of amides is 1. The standard InChI is InChI=1S/C24H26N2O4S/c1-18(20-9-5-3-6-10-20)25-24(27)17-30-22-13-15-23(16-14-22)31(28,29)26-19(2)21-11-7-4-8-12-21/h3-16,18-19,26H,17H2,1-2H3,(H,25,27)/t18-,19+/m0/s1. The summed E-state index contributed by atoms with van der Waals surface area (Å²) >= 11 is 0. The van der Waals surface area contributed by atoms with Crippen molar-refractivity contribution in [2.24, 2.45) is 0 Å². The lowest BCUT2D eigenvalue weighted by Gasteiger charge is -2.15. The molecule has 162 valence electrons. The fourth-order valence-electron chi connectivity index (χ4n) is 3.08. The smallest absolute Gasteiger partial charge is 0.258 e. The van der Waals surface area contributed by atoms with Gasteiger partial charge in [-0.2, -0.15) is 0 Å². The van der Waals surface area contributed by atoms with Crippen molar-refractivity contribution in [1.29, 1.82) is 0 Å². The van der Waals surface area contributed by atoms with Crippen molar-refractivity contribution in [1.82, 2.24) is 10.0 Å². The molecule has 0 radical (unpaired) electrons. The van der Waals surface area contributed by atoms with Crippen LogP contribution in [0.25, 0.3) is 0 Å². The molecule has 0 saturated carbocycles. The first-order chi connectivity index (χ1) is 14.8. The maximum atomic E-state index is 12.6. The summed E-state index contributed by atoms with van der Waals surface area (Å²) < 4.78 is 33.4. The molecule has 31 heavy (non-hydrogen) atoms. The molecule has 3 rings (SSSR count). The first kappa shape index (κ1) is 22.5. The molecule has 0 unspecified atom stereocenters. The molecule has 0 fully saturated rings. The Hall–Kier alpha value is -3.16. The predicted octanol–water partition coefficient (Wildman–Crippen LogP) is 3.98. The van der Waals surface area contributed by atoms with Crippen LogP contribution in [0.2, 0.25) is 0 Å². The molecule has 0 saturated heterocycles. The molecule has 3 aromatic carbocycles. The fraction of sp³-hybridized carbons (Fsp3) is 0.208. The molecule has 0 aliphatic heterocycles. The minimum absolute atomic E-state index is 0.129. The second kappa shape index (κ2) is 10.2. The number of hydrogen-bond donors (Lipinski definition) is 2. The van der Waals surface area contributed by atoms with E-state index in [0.717, 1.165) is 11.1 Å². The third-order valence-electron chi connectivity index (χ3n) is 4.81. The van der Waals surface area contributed by atoms with E-state index in [4.69, 9.17) is 4.74 Å². The van der Waals surface area contributed by atoms with Crippen LogP contribution < -0.4 is 14.8 Å². The molecule has 3 aromatic rings. The van der Waals surface area contributed by atoms with Gasteiger partial charge in [0, 0.05) is 6.04 Å². The van der Waals surface area contributed by atoms with Gasteiger partial charge in [0.1, 0.15) is 5.75 Å². The molecule has 0 aromatic heterocycles. The van der Waals surface area contributed by atoms with Crippen LogP contribution in [0.1, 0.15) is 37.1 Å². The van der Waals surface area contributed by atoms with Gasteiger partial charge >= 0.3 is 0 Å². The maximum absolute atomic E-state index is 12.6. The Morgan fingerprint density at radius 2 is 1.32 bits per heavy atom. The first-order valence-corrected chi connectivity index (χ1v) is 11.5. The molecule has 0 bridgehead atoms. The molecule has 2 N–H and O–H groups in total. The Morgan fingerprint density at radius 3 is 1.87 bits per heavy atom. The summed E-state index contributed by atoms with van der Waals surface area (Å²) in [6.07, 6.45) is 0. The molecule has 0 heterocycles. The van der Waals surface area contributed by atoms with Crippen LogP contribution in [0, 0.1) is 0 Å². The average Bonchev–Trinajstić information content (AvgIpc) is 2.79. The van der Waals surface area contributed by atoms with E-state index in [9.17, 15) is 13.2 Å². The molecular weight excluding hydrogens is 412 g/mol. The summed E-state index contributed by atoms with van der Waals surface area (Å²) in [7, 11) is -3.69. The Bertz CT molecular complexity index is 1090. The van der Waals surface area contributed by atoms with Crippen LogP contribution in [0.4, 0.5) is 0 Å². The third kappa shape index (κ3) is 6.41. The topological polar surface area (TPSA) is 84.5 Å². The molecule has 0 aliphatic carbocycles. The molecule has 0 spiro atoms. The van der Waals surface area contributed by atoms with Gasteiger partial charge in [0.15, 0.2) is 6.61 Å². The van der Waals surface area contributed by atoms with E-state index in [1.54, 1.807) is 6.92 Å². The van der Waals surface area contributed by atoms with Gasteiger partial charge in [-0.15, -0.1) is 0 Å². The van der Waals surface area contributed by atoms with Crippen molar-refractivity contribution in [3.63, 3.8) is 0 Å². The van der Waals surface area contributed by atoms with Crippen LogP contribution in [0.3, 0.4) is 0 Å². The second-order valence-electron chi connectivity index (χ2n) is 7.21. The van der Waals surface area contributed by atoms with Gasteiger partial charge in [-0.1, -0.05) is 60.7 Å². The average molecular weight is 439 g/mol. The SMILES string of the molecule is C[C@H](NC(=O)COc1ccc(S(=O)(=O)N[C@H](C)c2ccccc2)cc1)c1ccccc1. The summed E-state index contributed by atoms with van der Waals surface area (Å²) in [5, 5.41) is 2.87. The summed E-state index contributed by atoms with van der Waals surface area (Å²) in [5.74, 6) is 0.156. The first-order valence-electron chi connectivity index (χ1n) is 9.99. The van der Waals surface area contributed by atoms with Gasteiger partial charge in [-0.05, 0) is 49.2 Å². The number of benzene rings is 3. The molecule has 1 amide bonds. The van der Waals surface area contributed by atoms with E-state index in [1.807, 2.05) is 67.6 Å². The van der Waals surface area contributed by atoms with Crippen LogP contribution in [-0.2, 0) is 14.8 Å². The number of sulfonamides is 1. The Morgan fingerprint density at radius 1 is 0.806 bits per heavy atom. The van der Waals surface area contributed by atoms with E-state index in [1.165, 1.54) is 24.3 Å². The van der Waals surface area contributed by atoms with Crippen molar-refractivity contribution in [3.8, 4) is 5.75 Å². The quantitative estimate of drug-likeness (QED) is 0.529. The van der Waals surface area contributed by atoms with Gasteiger partial charge in [0.05, 0.1) is 10.9 Å². The number of carbonyl (C=O) groups is 1. The van der Waals surface area contributed by atoms with Crippen molar-refractivity contribution in [2.45, 2.75) is 30.8 Å². The van der Waals surface area contributed by atoms with Crippen LogP contribution in [0.15, 0.2) is 89.8 Å². The zero-order chi connectivity index (χ0) is 22.3. The van der Waals surface area contributed by atoms with Gasteiger partial charge in [-0.3, -0.25) is 4.79 Å². The molecule has 2 atom stereocenters. The van der Waals surface area contributed by atoms with E-state index in [0.29, 0.717) is 5.75 Å². The van der Waals surface area contributed by atoms with E-state index in [-0.39, 0.29) is 29.5 Å². The lowest BCUT2D eigenvalue weighted by atomic mass is 10.1. The van der Waals surface area contributed by atoms with Crippen LogP contribution in [0.5, 0.6) is 5.75 Å². The van der Waals surface area contributed by atoms with Crippen LogP contribution >= 0.6 is 0 Å². The second-order valence-corrected chi connectivity index (χ2v) is 8.93. The summed E-state index contributed by atoms with van der Waals surface area (Å²) in [6.45, 7) is 3.53. The highest BCUT2D eigenvalue weighted by Crippen LogP contribution is 2.19. The number of rotatable bonds is 9. The van der Waals surface area contributed by atoms with Crippen molar-refractivity contribution in [2.75, 3.05) is 6.61 Å². The lowest BCUT2D eigenvalue weighted by molar-refractivity contribution is -0.123. The third-order valence-corrected chi connectivity index (χ3v) is 6.37. The van der Waals surface area contributed by atoms with Gasteiger partial charge < -0.3 is 10.1 Å². The minimum atomic E-state index is -3.69. The highest BCUT2D eigenvalue weighted by atomic mass is 32.2. The summed E-state index contributed by atoms with van der Waals surface area (Å²) in [6, 6.07) is 24.5. The Labute approximate surface area is 183 Å². The fourth-order valence-corrected chi connectivity index (χ4v) is 4.31. The monoisotopic (exact) mass is 438 g/mol. The highest BCUT2D eigenvalue weighted by Gasteiger charge is 2.18. The molecule has 7 heteroatoms. The number of carbonyl (C=O) groups excluding carboxylic acids is 1. The number of ether oxygens (including phenoxy) is 1. The zero-order valence-electron chi connectivity index (χ0n) is 17.5. The largest absolute Gasteiger partial charge is 0.484 e. The van der Waals surface area contributed by atoms with E-state index in [2.05, 4.69) is 10.0 Å². The maximum Gasteiger partial charge on any atom is 0.258 e. The normalized spacial score (nSPS) is 13.2. The van der Waals surface area contributed by atoms with E-state index >= 15 is 0 Å². The summed E-state index contributed by atoms with van der Waals surface area (Å²) in [4.78, 5) is 12.3. The van der Waals surface area contributed by atoms with Gasteiger partial charge in [0.25, 0.3) is 5.91 Å². The van der Waals surface area contributed by atoms with Gasteiger partial charge in [0.2, 0.25) is 10.0 Å². The van der Waals surface area contributed by atoms with E-state index < -0.39 is 10.0 Å². The molecule has 0 aliphatic rings. The van der Waals surface area contributed by atoms with Crippen molar-refractivity contribution in [3.05, 3.63) is 96.1 Å². The Balaban J connectivity index is 1.54. The van der Waals surface area contributed by atoms with Crippen molar-refractivity contribution >= 4 is 15.9 Å². The molecular formula is C24H26N2O4S. The Kier molecular flexibility index (Phi) is 7.44.